The summed E-state index contributed by atoms with van der Waals surface area (Å²) in [6, 6.07) is 0. The number of nitrogens with zero attached hydrogens (tertiary/aromatic N) is 1. The molecule has 0 saturated heterocycles. The molecule has 1 aliphatic rings. The predicted molar refractivity (Wildman–Crippen MR) is 26.8 cm³/mol. The summed E-state index contributed by atoms with van der Waals surface area (Å²) < 4.78 is 0. The third-order valence-corrected chi connectivity index (χ3v) is 1.08. The highest BCUT2D eigenvalue weighted by atomic mass is 31.1. The van der Waals surface area contributed by atoms with Gasteiger partial charge in [0.2, 0.25) is 0 Å². The van der Waals surface area contributed by atoms with Gasteiger partial charge in [-0.25, -0.2) is 0 Å². The van der Waals surface area contributed by atoms with Gasteiger partial charge in [0, 0.05) is 5.00 Å². The summed E-state index contributed by atoms with van der Waals surface area (Å²) in [6.45, 7) is 0. The second-order valence-electron chi connectivity index (χ2n) is 0.951. The minimum atomic E-state index is 0.652. The van der Waals surface area contributed by atoms with E-state index in [1.54, 1.807) is 11.9 Å². The molecule has 0 spiro atoms. The lowest BCUT2D eigenvalue weighted by Gasteiger charge is -2.06. The molecule has 0 aromatic heterocycles. The van der Waals surface area contributed by atoms with Crippen molar-refractivity contribution in [1.29, 1.82) is 0 Å². The first-order valence-corrected chi connectivity index (χ1v) is 2.66. The van der Waals surface area contributed by atoms with Crippen LogP contribution in [0.5, 0.6) is 0 Å². The van der Waals surface area contributed by atoms with Gasteiger partial charge >= 0.3 is 0 Å². The van der Waals surface area contributed by atoms with Crippen LogP contribution in [0.15, 0.2) is 12.3 Å². The molecule has 0 amide bonds. The highest BCUT2D eigenvalue weighted by molar-refractivity contribution is 7.35. The summed E-state index contributed by atoms with van der Waals surface area (Å²) in [7, 11) is 0.652. The maximum Gasteiger partial charge on any atom is 0.115 e. The third-order valence-electron chi connectivity index (χ3n) is 0.485. The average Bonchev–Trinajstić information content (AvgIpc) is 1.69. The first-order chi connectivity index (χ1) is 3.39. The van der Waals surface area contributed by atoms with Crippen LogP contribution in [0.3, 0.4) is 0 Å². The molecule has 0 aliphatic carbocycles. The fourth-order valence-electron chi connectivity index (χ4n) is 0.247. The predicted octanol–water partition coefficient (Wildman–Crippen LogP) is 0.800. The summed E-state index contributed by atoms with van der Waals surface area (Å²) in [5.41, 5.74) is 0. The van der Waals surface area contributed by atoms with E-state index in [2.05, 4.69) is 4.84 Å². The standard InChI is InChI=1S/C3H4NO2P/c5-4-6-2-1-3-7-4/h1-3,5H. The van der Waals surface area contributed by atoms with Crippen LogP contribution in [0.1, 0.15) is 0 Å². The number of hydrogen-bond acceptors (Lipinski definition) is 3. The molecule has 7 heavy (non-hydrogen) atoms. The van der Waals surface area contributed by atoms with Crippen molar-refractivity contribution in [2.75, 3.05) is 0 Å². The van der Waals surface area contributed by atoms with Gasteiger partial charge in [0.05, 0.1) is 8.35 Å². The van der Waals surface area contributed by atoms with E-state index < -0.39 is 0 Å². The molecule has 0 fully saturated rings. The summed E-state index contributed by atoms with van der Waals surface area (Å²) in [6.07, 6.45) is 3.12. The lowest BCUT2D eigenvalue weighted by Crippen LogP contribution is -2.04. The summed E-state index contributed by atoms with van der Waals surface area (Å²) in [4.78, 5) is 5.16. The zero-order valence-corrected chi connectivity index (χ0v) is 4.38. The van der Waals surface area contributed by atoms with Gasteiger partial charge in [-0.3, -0.25) is 5.21 Å². The average molecular weight is 117 g/mol. The lowest BCUT2D eigenvalue weighted by molar-refractivity contribution is -0.225. The zero-order chi connectivity index (χ0) is 5.11. The molecule has 0 radical (unpaired) electrons. The van der Waals surface area contributed by atoms with Gasteiger partial charge in [-0.2, -0.15) is 0 Å². The van der Waals surface area contributed by atoms with Gasteiger partial charge in [0.15, 0.2) is 0 Å². The van der Waals surface area contributed by atoms with Crippen LogP contribution in [0.25, 0.3) is 0 Å². The minimum absolute atomic E-state index is 0.652. The second kappa shape index (κ2) is 2.07. The molecule has 1 aliphatic heterocycles. The zero-order valence-electron chi connectivity index (χ0n) is 3.48. The minimum Gasteiger partial charge on any atom is -0.380 e. The maximum absolute atomic E-state index is 8.43. The smallest absolute Gasteiger partial charge is 0.115 e. The Morgan fingerprint density at radius 3 is 2.86 bits per heavy atom. The quantitative estimate of drug-likeness (QED) is 0.476. The maximum atomic E-state index is 8.43. The normalized spacial score (nSPS) is 21.9. The van der Waals surface area contributed by atoms with Crippen molar-refractivity contribution >= 4 is 14.2 Å². The van der Waals surface area contributed by atoms with Crippen LogP contribution in [0.2, 0.25) is 0 Å². The van der Waals surface area contributed by atoms with Crippen molar-refractivity contribution in [2.45, 2.75) is 0 Å². The van der Waals surface area contributed by atoms with E-state index >= 15 is 0 Å². The molecule has 0 aromatic carbocycles. The highest BCUT2D eigenvalue weighted by Crippen LogP contribution is 2.05. The van der Waals surface area contributed by atoms with E-state index in [1.165, 1.54) is 6.26 Å². The van der Waals surface area contributed by atoms with Gasteiger partial charge in [0.25, 0.3) is 0 Å². The molecule has 0 atom stereocenters. The van der Waals surface area contributed by atoms with Crippen molar-refractivity contribution in [2.24, 2.45) is 0 Å². The molecular formula is C3H4NO2P. The second-order valence-corrected chi connectivity index (χ2v) is 1.82. The Labute approximate surface area is 42.6 Å². The van der Waals surface area contributed by atoms with E-state index in [1.807, 2.05) is 0 Å². The Balaban J connectivity index is 2.49. The van der Waals surface area contributed by atoms with Crippen LogP contribution >= 0.6 is 8.35 Å². The highest BCUT2D eigenvalue weighted by Gasteiger charge is 1.91. The van der Waals surface area contributed by atoms with E-state index in [0.717, 1.165) is 5.00 Å². The van der Waals surface area contributed by atoms with Gasteiger partial charge < -0.3 is 4.84 Å². The van der Waals surface area contributed by atoms with E-state index in [9.17, 15) is 0 Å². The third kappa shape index (κ3) is 1.27. The molecule has 1 rings (SSSR count). The first-order valence-electron chi connectivity index (χ1n) is 1.74. The molecule has 1 heterocycles. The SMILES string of the molecule is ON1OC=CC=P1. The summed E-state index contributed by atoms with van der Waals surface area (Å²) in [5.74, 6) is 1.75. The van der Waals surface area contributed by atoms with Crippen LogP contribution in [0, 0.1) is 0 Å². The van der Waals surface area contributed by atoms with Crippen LogP contribution < -0.4 is 0 Å². The molecule has 0 bridgehead atoms. The fourth-order valence-corrected chi connectivity index (χ4v) is 0.618. The van der Waals surface area contributed by atoms with Crippen molar-refractivity contribution in [3.63, 3.8) is 0 Å². The topological polar surface area (TPSA) is 32.7 Å². The van der Waals surface area contributed by atoms with Crippen molar-refractivity contribution < 1.29 is 10.0 Å². The van der Waals surface area contributed by atoms with Gasteiger partial charge in [-0.05, 0) is 11.9 Å². The number of allylic oxidation sites excluding steroid dienone is 1. The fraction of sp³-hybridized carbons (Fsp3) is 0. The van der Waals surface area contributed by atoms with E-state index in [-0.39, 0.29) is 0 Å². The molecule has 0 saturated carbocycles. The molecule has 38 valence electrons. The van der Waals surface area contributed by atoms with Crippen molar-refractivity contribution in [1.82, 2.24) is 5.00 Å². The Hall–Kier alpha value is -0.370. The summed E-state index contributed by atoms with van der Waals surface area (Å²) in [5, 5.41) is 8.43. The van der Waals surface area contributed by atoms with Crippen LogP contribution in [-0.4, -0.2) is 16.0 Å². The number of hydrogen-bond donors (Lipinski definition) is 1. The monoisotopic (exact) mass is 117 g/mol. The molecule has 3 nitrogen and oxygen atoms in total. The van der Waals surface area contributed by atoms with E-state index in [0.29, 0.717) is 8.35 Å². The number of rotatable bonds is 0. The van der Waals surface area contributed by atoms with Gasteiger partial charge in [-0.15, -0.1) is 0 Å². The van der Waals surface area contributed by atoms with Crippen LogP contribution in [0.4, 0.5) is 0 Å². The van der Waals surface area contributed by atoms with Crippen molar-refractivity contribution in [3.05, 3.63) is 12.3 Å². The lowest BCUT2D eigenvalue weighted by atomic mass is 10.7. The van der Waals surface area contributed by atoms with Crippen molar-refractivity contribution in [3.8, 4) is 0 Å². The molecular weight excluding hydrogens is 113 g/mol. The Bertz CT molecular complexity index is 112. The van der Waals surface area contributed by atoms with Gasteiger partial charge in [-0.1, -0.05) is 0 Å². The largest absolute Gasteiger partial charge is 0.380 e. The van der Waals surface area contributed by atoms with Crippen LogP contribution in [-0.2, 0) is 4.84 Å². The summed E-state index contributed by atoms with van der Waals surface area (Å²) >= 11 is 0. The first kappa shape index (κ1) is 4.78. The molecule has 4 heteroatoms. The molecule has 0 aromatic rings. The Morgan fingerprint density at radius 2 is 2.57 bits per heavy atom. The molecule has 0 unspecified atom stereocenters. The molecule has 1 N–H and O–H groups in total. The Kier molecular flexibility index (Phi) is 1.42. The van der Waals surface area contributed by atoms with Gasteiger partial charge in [0.1, 0.15) is 6.26 Å². The van der Waals surface area contributed by atoms with E-state index in [4.69, 9.17) is 5.21 Å². The Morgan fingerprint density at radius 1 is 1.71 bits per heavy atom.